The van der Waals surface area contributed by atoms with Crippen LogP contribution in [0.4, 0.5) is 5.13 Å². The molecule has 0 saturated heterocycles. The number of benzene rings is 2. The number of hydrogen-bond acceptors (Lipinski definition) is 5. The van der Waals surface area contributed by atoms with E-state index >= 15 is 0 Å². The molecule has 3 rings (SSSR count). The summed E-state index contributed by atoms with van der Waals surface area (Å²) in [6.07, 6.45) is 1.04. The number of carbonyl (C=O) groups is 1. The molecule has 5 nitrogen and oxygen atoms in total. The van der Waals surface area contributed by atoms with Crippen molar-refractivity contribution in [1.82, 2.24) is 4.98 Å². The summed E-state index contributed by atoms with van der Waals surface area (Å²) in [5.74, 6) is -0.573. The zero-order valence-electron chi connectivity index (χ0n) is 13.2. The number of fused-ring (bicyclic) bond motifs is 1. The van der Waals surface area contributed by atoms with Gasteiger partial charge in [0.1, 0.15) is 5.25 Å². The van der Waals surface area contributed by atoms with Crippen molar-refractivity contribution < 1.29 is 13.2 Å². The summed E-state index contributed by atoms with van der Waals surface area (Å²) in [5, 5.41) is 5.89. The fraction of sp³-hybridized carbons (Fsp3) is 0.176. The predicted molar refractivity (Wildman–Crippen MR) is 98.0 cm³/mol. The van der Waals surface area contributed by atoms with E-state index in [1.807, 2.05) is 47.8 Å². The maximum atomic E-state index is 12.0. The van der Waals surface area contributed by atoms with Crippen LogP contribution in [0.3, 0.4) is 0 Å². The predicted octanol–water partition coefficient (Wildman–Crippen LogP) is 3.33. The number of nitrogens with one attached hydrogen (secondary N) is 1. The van der Waals surface area contributed by atoms with Crippen LogP contribution in [-0.4, -0.2) is 30.8 Å². The summed E-state index contributed by atoms with van der Waals surface area (Å²) in [5.41, 5.74) is 1.72. The van der Waals surface area contributed by atoms with Crippen LogP contribution in [0.5, 0.6) is 0 Å². The van der Waals surface area contributed by atoms with Gasteiger partial charge >= 0.3 is 0 Å². The lowest BCUT2D eigenvalue weighted by Crippen LogP contribution is -2.31. The second-order valence-corrected chi connectivity index (χ2v) is 8.75. The molecule has 1 heterocycles. The average Bonchev–Trinajstić information content (AvgIpc) is 3.01. The monoisotopic (exact) mass is 360 g/mol. The molecule has 0 saturated carbocycles. The van der Waals surface area contributed by atoms with E-state index in [2.05, 4.69) is 10.3 Å². The third kappa shape index (κ3) is 3.32. The molecule has 124 valence electrons. The molecule has 3 aromatic rings. The summed E-state index contributed by atoms with van der Waals surface area (Å²) in [6, 6.07) is 14.0. The molecular formula is C17H16N2O3S2. The molecule has 0 fully saturated rings. The number of thiazole rings is 1. The number of rotatable bonds is 4. The molecule has 0 bridgehead atoms. The summed E-state index contributed by atoms with van der Waals surface area (Å²) in [7, 11) is -3.43. The third-order valence-electron chi connectivity index (χ3n) is 3.81. The van der Waals surface area contributed by atoms with Gasteiger partial charge in [0, 0.05) is 17.2 Å². The van der Waals surface area contributed by atoms with E-state index in [9.17, 15) is 13.2 Å². The summed E-state index contributed by atoms with van der Waals surface area (Å²) in [4.78, 5) is 16.4. The molecule has 2 aromatic carbocycles. The summed E-state index contributed by atoms with van der Waals surface area (Å²) < 4.78 is 22.9. The minimum Gasteiger partial charge on any atom is -0.301 e. The fourth-order valence-corrected chi connectivity index (χ4v) is 3.47. The number of aromatic nitrogens is 1. The first-order valence-corrected chi connectivity index (χ1v) is 10.1. The van der Waals surface area contributed by atoms with Gasteiger partial charge in [-0.2, -0.15) is 0 Å². The van der Waals surface area contributed by atoms with Crippen LogP contribution >= 0.6 is 11.3 Å². The van der Waals surface area contributed by atoms with Crippen molar-refractivity contribution in [2.24, 2.45) is 0 Å². The highest BCUT2D eigenvalue weighted by molar-refractivity contribution is 7.92. The van der Waals surface area contributed by atoms with Crippen LogP contribution in [0, 0.1) is 0 Å². The zero-order chi connectivity index (χ0) is 17.3. The molecule has 1 amide bonds. The molecule has 0 aliphatic heterocycles. The first-order chi connectivity index (χ1) is 11.4. The Bertz CT molecular complexity index is 1000. The highest BCUT2D eigenvalue weighted by Gasteiger charge is 2.24. The van der Waals surface area contributed by atoms with Gasteiger partial charge in [-0.3, -0.25) is 4.79 Å². The van der Waals surface area contributed by atoms with Gasteiger partial charge in [-0.1, -0.05) is 42.5 Å². The highest BCUT2D eigenvalue weighted by atomic mass is 32.2. The van der Waals surface area contributed by atoms with Gasteiger partial charge in [0.25, 0.3) is 0 Å². The highest BCUT2D eigenvalue weighted by Crippen LogP contribution is 2.31. The molecule has 0 radical (unpaired) electrons. The lowest BCUT2D eigenvalue weighted by Gasteiger charge is -2.08. The molecule has 1 N–H and O–H groups in total. The second-order valence-electron chi connectivity index (χ2n) is 5.53. The number of carbonyl (C=O) groups excluding carboxylic acids is 1. The first-order valence-electron chi connectivity index (χ1n) is 7.29. The molecule has 24 heavy (non-hydrogen) atoms. The lowest BCUT2D eigenvalue weighted by molar-refractivity contribution is -0.115. The molecule has 0 unspecified atom stereocenters. The Labute approximate surface area is 144 Å². The SMILES string of the molecule is C[C@@H](C(=O)Nc1nc(-c2cccc3ccccc23)cs1)S(C)(=O)=O. The maximum absolute atomic E-state index is 12.0. The Morgan fingerprint density at radius 2 is 1.88 bits per heavy atom. The van der Waals surface area contributed by atoms with E-state index in [0.29, 0.717) is 5.13 Å². The minimum absolute atomic E-state index is 0.387. The number of sulfone groups is 1. The lowest BCUT2D eigenvalue weighted by atomic mass is 10.0. The van der Waals surface area contributed by atoms with Gasteiger partial charge in [-0.05, 0) is 17.7 Å². The van der Waals surface area contributed by atoms with Crippen LogP contribution in [0.1, 0.15) is 6.92 Å². The van der Waals surface area contributed by atoms with Gasteiger partial charge in [0.15, 0.2) is 15.0 Å². The quantitative estimate of drug-likeness (QED) is 0.774. The topological polar surface area (TPSA) is 76.1 Å². The standard InChI is InChI=1S/C17H16N2O3S2/c1-11(24(2,21)22)16(20)19-17-18-15(10-23-17)14-9-5-7-12-6-3-4-8-13(12)14/h3-11H,1-2H3,(H,18,19,20)/t11-/m0/s1. The molecule has 0 aliphatic rings. The van der Waals surface area contributed by atoms with Gasteiger partial charge in [-0.25, -0.2) is 13.4 Å². The van der Waals surface area contributed by atoms with E-state index in [4.69, 9.17) is 0 Å². The Kier molecular flexibility index (Phi) is 4.38. The van der Waals surface area contributed by atoms with Crippen molar-refractivity contribution in [3.05, 3.63) is 47.8 Å². The number of anilines is 1. The Hall–Kier alpha value is -2.25. The van der Waals surface area contributed by atoms with Crippen LogP contribution in [0.15, 0.2) is 47.8 Å². The van der Waals surface area contributed by atoms with Crippen molar-refractivity contribution in [1.29, 1.82) is 0 Å². The maximum Gasteiger partial charge on any atom is 0.244 e. The molecular weight excluding hydrogens is 344 g/mol. The Balaban J connectivity index is 1.89. The van der Waals surface area contributed by atoms with Crippen molar-refractivity contribution in [2.75, 3.05) is 11.6 Å². The van der Waals surface area contributed by atoms with Crippen LogP contribution in [-0.2, 0) is 14.6 Å². The van der Waals surface area contributed by atoms with Gasteiger partial charge in [0.2, 0.25) is 5.91 Å². The van der Waals surface area contributed by atoms with Crippen molar-refractivity contribution in [2.45, 2.75) is 12.2 Å². The molecule has 0 spiro atoms. The van der Waals surface area contributed by atoms with Crippen LogP contribution < -0.4 is 5.32 Å². The zero-order valence-corrected chi connectivity index (χ0v) is 14.8. The summed E-state index contributed by atoms with van der Waals surface area (Å²) in [6.45, 7) is 1.36. The van der Waals surface area contributed by atoms with E-state index < -0.39 is 21.0 Å². The van der Waals surface area contributed by atoms with E-state index in [1.54, 1.807) is 0 Å². The first kappa shape index (κ1) is 16.6. The number of nitrogens with zero attached hydrogens (tertiary/aromatic N) is 1. The van der Waals surface area contributed by atoms with Gasteiger partial charge < -0.3 is 5.32 Å². The molecule has 1 atom stereocenters. The normalized spacial score (nSPS) is 12.9. The smallest absolute Gasteiger partial charge is 0.244 e. The van der Waals surface area contributed by atoms with Gasteiger partial charge in [0.05, 0.1) is 5.69 Å². The second kappa shape index (κ2) is 6.33. The fourth-order valence-electron chi connectivity index (χ4n) is 2.31. The third-order valence-corrected chi connectivity index (χ3v) is 6.07. The van der Waals surface area contributed by atoms with E-state index in [0.717, 1.165) is 28.3 Å². The molecule has 1 aromatic heterocycles. The molecule has 0 aliphatic carbocycles. The molecule has 7 heteroatoms. The van der Waals surface area contributed by atoms with Crippen LogP contribution in [0.25, 0.3) is 22.0 Å². The minimum atomic E-state index is -3.43. The van der Waals surface area contributed by atoms with Crippen molar-refractivity contribution >= 4 is 43.0 Å². The average molecular weight is 360 g/mol. The van der Waals surface area contributed by atoms with Gasteiger partial charge in [-0.15, -0.1) is 11.3 Å². The van der Waals surface area contributed by atoms with Crippen LogP contribution in [0.2, 0.25) is 0 Å². The van der Waals surface area contributed by atoms with Crippen molar-refractivity contribution in [3.63, 3.8) is 0 Å². The Morgan fingerprint density at radius 1 is 1.17 bits per heavy atom. The number of hydrogen-bond donors (Lipinski definition) is 1. The Morgan fingerprint density at radius 3 is 2.62 bits per heavy atom. The number of amides is 1. The van der Waals surface area contributed by atoms with E-state index in [-0.39, 0.29) is 0 Å². The van der Waals surface area contributed by atoms with E-state index in [1.165, 1.54) is 18.3 Å². The van der Waals surface area contributed by atoms with Crippen molar-refractivity contribution in [3.8, 4) is 11.3 Å². The summed E-state index contributed by atoms with van der Waals surface area (Å²) >= 11 is 1.27. The largest absolute Gasteiger partial charge is 0.301 e.